The SMILES string of the molecule is CC(Sc1ccccc1Cl)C(=O)NCC(C)(C)N.Cl. The van der Waals surface area contributed by atoms with Gasteiger partial charge in [0.1, 0.15) is 0 Å². The Bertz CT molecular complexity index is 421. The average Bonchev–Trinajstić information content (AvgIpc) is 2.28. The van der Waals surface area contributed by atoms with E-state index in [0.29, 0.717) is 11.6 Å². The molecule has 0 aliphatic heterocycles. The van der Waals surface area contributed by atoms with Crippen molar-refractivity contribution < 1.29 is 4.79 Å². The van der Waals surface area contributed by atoms with E-state index >= 15 is 0 Å². The van der Waals surface area contributed by atoms with Gasteiger partial charge in [0.15, 0.2) is 0 Å². The molecular weight excluding hydrogens is 303 g/mol. The van der Waals surface area contributed by atoms with E-state index in [1.807, 2.05) is 45.0 Å². The summed E-state index contributed by atoms with van der Waals surface area (Å²) in [5.74, 6) is -0.0292. The van der Waals surface area contributed by atoms with Crippen LogP contribution in [0.15, 0.2) is 29.2 Å². The molecule has 108 valence electrons. The van der Waals surface area contributed by atoms with Crippen molar-refractivity contribution in [3.05, 3.63) is 29.3 Å². The Kier molecular flexibility index (Phi) is 7.82. The van der Waals surface area contributed by atoms with Crippen LogP contribution in [0, 0.1) is 0 Å². The van der Waals surface area contributed by atoms with Gasteiger partial charge < -0.3 is 11.1 Å². The lowest BCUT2D eigenvalue weighted by atomic mass is 10.1. The van der Waals surface area contributed by atoms with Gasteiger partial charge in [0, 0.05) is 17.0 Å². The third-order valence-corrected chi connectivity index (χ3v) is 3.85. The molecule has 6 heteroatoms. The van der Waals surface area contributed by atoms with E-state index in [2.05, 4.69) is 5.32 Å². The number of carbonyl (C=O) groups is 1. The highest BCUT2D eigenvalue weighted by Crippen LogP contribution is 2.29. The van der Waals surface area contributed by atoms with Gasteiger partial charge in [0.2, 0.25) is 5.91 Å². The van der Waals surface area contributed by atoms with Gasteiger partial charge in [0.05, 0.1) is 10.3 Å². The summed E-state index contributed by atoms with van der Waals surface area (Å²) in [6, 6.07) is 7.50. The highest BCUT2D eigenvalue weighted by molar-refractivity contribution is 8.00. The zero-order valence-corrected chi connectivity index (χ0v) is 13.7. The number of nitrogens with two attached hydrogens (primary N) is 1. The van der Waals surface area contributed by atoms with E-state index in [1.54, 1.807) is 0 Å². The van der Waals surface area contributed by atoms with E-state index in [9.17, 15) is 4.79 Å². The van der Waals surface area contributed by atoms with Gasteiger partial charge in [-0.05, 0) is 32.9 Å². The van der Waals surface area contributed by atoms with Gasteiger partial charge in [-0.3, -0.25) is 4.79 Å². The van der Waals surface area contributed by atoms with Crippen molar-refractivity contribution in [3.63, 3.8) is 0 Å². The van der Waals surface area contributed by atoms with Crippen molar-refractivity contribution in [2.75, 3.05) is 6.54 Å². The van der Waals surface area contributed by atoms with Crippen LogP contribution in [0.3, 0.4) is 0 Å². The summed E-state index contributed by atoms with van der Waals surface area (Å²) >= 11 is 7.49. The normalized spacial score (nSPS) is 12.5. The molecule has 0 aliphatic rings. The maximum atomic E-state index is 11.9. The standard InChI is InChI=1S/C13H19ClN2OS.ClH/c1-9(12(17)16-8-13(2,3)15)18-11-7-5-4-6-10(11)14;/h4-7,9H,8,15H2,1-3H3,(H,16,17);1H. The molecule has 0 saturated heterocycles. The fourth-order valence-electron chi connectivity index (χ4n) is 1.24. The summed E-state index contributed by atoms with van der Waals surface area (Å²) in [5, 5.41) is 3.30. The molecule has 0 radical (unpaired) electrons. The van der Waals surface area contributed by atoms with Crippen LogP contribution < -0.4 is 11.1 Å². The molecule has 1 unspecified atom stereocenters. The Balaban J connectivity index is 0.00000324. The lowest BCUT2D eigenvalue weighted by molar-refractivity contribution is -0.120. The molecule has 0 heterocycles. The number of carbonyl (C=O) groups excluding carboxylic acids is 1. The van der Waals surface area contributed by atoms with Crippen molar-refractivity contribution in [2.45, 2.75) is 36.5 Å². The van der Waals surface area contributed by atoms with Crippen LogP contribution in [0.2, 0.25) is 5.02 Å². The highest BCUT2D eigenvalue weighted by atomic mass is 35.5. The lowest BCUT2D eigenvalue weighted by Crippen LogP contribution is -2.46. The third-order valence-electron chi connectivity index (χ3n) is 2.23. The molecule has 1 amide bonds. The smallest absolute Gasteiger partial charge is 0.233 e. The molecular formula is C13H20Cl2N2OS. The van der Waals surface area contributed by atoms with Crippen LogP contribution in [-0.2, 0) is 4.79 Å². The van der Waals surface area contributed by atoms with Gasteiger partial charge in [0.25, 0.3) is 0 Å². The predicted molar refractivity (Wildman–Crippen MR) is 85.3 cm³/mol. The molecule has 1 atom stereocenters. The second kappa shape index (κ2) is 8.00. The molecule has 3 N–H and O–H groups in total. The Morgan fingerprint density at radius 1 is 1.47 bits per heavy atom. The van der Waals surface area contributed by atoms with Crippen molar-refractivity contribution in [2.24, 2.45) is 5.73 Å². The summed E-state index contributed by atoms with van der Waals surface area (Å²) in [7, 11) is 0. The number of hydrogen-bond donors (Lipinski definition) is 2. The zero-order valence-electron chi connectivity index (χ0n) is 11.3. The second-order valence-electron chi connectivity index (χ2n) is 4.90. The number of rotatable bonds is 5. The van der Waals surface area contributed by atoms with E-state index in [-0.39, 0.29) is 23.6 Å². The summed E-state index contributed by atoms with van der Waals surface area (Å²) in [6.45, 7) is 6.06. The molecule has 3 nitrogen and oxygen atoms in total. The van der Waals surface area contributed by atoms with Crippen LogP contribution in [0.5, 0.6) is 0 Å². The van der Waals surface area contributed by atoms with Gasteiger partial charge in [-0.2, -0.15) is 0 Å². The number of amides is 1. The molecule has 1 aromatic rings. The summed E-state index contributed by atoms with van der Waals surface area (Å²) in [5.41, 5.74) is 5.42. The molecule has 1 aromatic carbocycles. The molecule has 0 aliphatic carbocycles. The molecule has 1 rings (SSSR count). The fourth-order valence-corrected chi connectivity index (χ4v) is 2.42. The van der Waals surface area contributed by atoms with Gasteiger partial charge in [-0.25, -0.2) is 0 Å². The van der Waals surface area contributed by atoms with Crippen molar-refractivity contribution >= 4 is 41.7 Å². The second-order valence-corrected chi connectivity index (χ2v) is 6.69. The minimum absolute atomic E-state index is 0. The maximum absolute atomic E-state index is 11.9. The Morgan fingerprint density at radius 3 is 2.58 bits per heavy atom. The van der Waals surface area contributed by atoms with Crippen molar-refractivity contribution in [3.8, 4) is 0 Å². The van der Waals surface area contributed by atoms with Crippen LogP contribution in [0.4, 0.5) is 0 Å². The fraction of sp³-hybridized carbons (Fsp3) is 0.462. The van der Waals surface area contributed by atoms with Gasteiger partial charge in [-0.1, -0.05) is 23.7 Å². The quantitative estimate of drug-likeness (QED) is 0.819. The van der Waals surface area contributed by atoms with E-state index < -0.39 is 5.54 Å². The number of hydrogen-bond acceptors (Lipinski definition) is 3. The first-order valence-corrected chi connectivity index (χ1v) is 7.03. The lowest BCUT2D eigenvalue weighted by Gasteiger charge is -2.20. The summed E-state index contributed by atoms with van der Waals surface area (Å²) in [6.07, 6.45) is 0. The Hall–Kier alpha value is -0.420. The Labute approximate surface area is 130 Å². The van der Waals surface area contributed by atoms with E-state index in [4.69, 9.17) is 17.3 Å². The molecule has 0 aromatic heterocycles. The minimum Gasteiger partial charge on any atom is -0.353 e. The van der Waals surface area contributed by atoms with Crippen molar-refractivity contribution in [1.82, 2.24) is 5.32 Å². The number of halogens is 2. The third kappa shape index (κ3) is 7.06. The summed E-state index contributed by atoms with van der Waals surface area (Å²) < 4.78 is 0. The first kappa shape index (κ1) is 18.6. The number of benzene rings is 1. The summed E-state index contributed by atoms with van der Waals surface area (Å²) in [4.78, 5) is 12.8. The van der Waals surface area contributed by atoms with E-state index in [1.165, 1.54) is 11.8 Å². The van der Waals surface area contributed by atoms with Crippen LogP contribution in [0.25, 0.3) is 0 Å². The van der Waals surface area contributed by atoms with Gasteiger partial charge in [-0.15, -0.1) is 24.2 Å². The first-order chi connectivity index (χ1) is 8.29. The maximum Gasteiger partial charge on any atom is 0.233 e. The number of nitrogens with one attached hydrogen (secondary N) is 1. The molecule has 0 saturated carbocycles. The van der Waals surface area contributed by atoms with Crippen LogP contribution in [0.1, 0.15) is 20.8 Å². The zero-order chi connectivity index (χ0) is 13.8. The topological polar surface area (TPSA) is 55.1 Å². The van der Waals surface area contributed by atoms with Crippen LogP contribution in [-0.4, -0.2) is 23.2 Å². The van der Waals surface area contributed by atoms with Crippen LogP contribution >= 0.6 is 35.8 Å². The van der Waals surface area contributed by atoms with E-state index in [0.717, 1.165) is 4.90 Å². The monoisotopic (exact) mass is 322 g/mol. The van der Waals surface area contributed by atoms with Crippen molar-refractivity contribution in [1.29, 1.82) is 0 Å². The first-order valence-electron chi connectivity index (χ1n) is 5.77. The Morgan fingerprint density at radius 2 is 2.05 bits per heavy atom. The molecule has 0 spiro atoms. The minimum atomic E-state index is -0.398. The van der Waals surface area contributed by atoms with Gasteiger partial charge >= 0.3 is 0 Å². The molecule has 0 fully saturated rings. The largest absolute Gasteiger partial charge is 0.353 e. The average molecular weight is 323 g/mol. The molecule has 0 bridgehead atoms. The number of thioether (sulfide) groups is 1. The molecule has 19 heavy (non-hydrogen) atoms. The highest BCUT2D eigenvalue weighted by Gasteiger charge is 2.18. The predicted octanol–water partition coefficient (Wildman–Crippen LogP) is 3.10.